The Balaban J connectivity index is 1.71. The average Bonchev–Trinajstić information content (AvgIpc) is 3.13. The number of rotatable bonds is 4. The third-order valence-corrected chi connectivity index (χ3v) is 4.95. The lowest BCUT2D eigenvalue weighted by atomic mass is 10.2. The van der Waals surface area contributed by atoms with Crippen molar-refractivity contribution in [1.29, 1.82) is 0 Å². The van der Waals surface area contributed by atoms with Crippen molar-refractivity contribution in [3.05, 3.63) is 69.0 Å². The van der Waals surface area contributed by atoms with E-state index in [-0.39, 0.29) is 5.56 Å². The van der Waals surface area contributed by atoms with Crippen LogP contribution in [0.25, 0.3) is 22.1 Å². The van der Waals surface area contributed by atoms with Crippen LogP contribution in [-0.4, -0.2) is 26.6 Å². The standard InChI is InChI=1S/C19H14N2O4S/c1-11(18(23)24)25-13-8-6-12(7-9-13)10-16-17(22)21-15-5-3-2-4-14(15)20-19(21)26-16/h2-11H,1H3,(H,23,24)/b16-10+/t11-/m1/s1. The Morgan fingerprint density at radius 2 is 1.96 bits per heavy atom. The first-order valence-corrected chi connectivity index (χ1v) is 8.76. The van der Waals surface area contributed by atoms with Crippen LogP contribution in [0, 0.1) is 0 Å². The Morgan fingerprint density at radius 3 is 2.69 bits per heavy atom. The fraction of sp³-hybridized carbons (Fsp3) is 0.105. The van der Waals surface area contributed by atoms with E-state index < -0.39 is 12.1 Å². The van der Waals surface area contributed by atoms with Crippen molar-refractivity contribution in [3.63, 3.8) is 0 Å². The van der Waals surface area contributed by atoms with E-state index in [1.807, 2.05) is 24.3 Å². The molecule has 130 valence electrons. The summed E-state index contributed by atoms with van der Waals surface area (Å²) in [5.41, 5.74) is 2.33. The fourth-order valence-corrected chi connectivity index (χ4v) is 3.65. The summed E-state index contributed by atoms with van der Waals surface area (Å²) in [6, 6.07) is 14.5. The van der Waals surface area contributed by atoms with Gasteiger partial charge in [0, 0.05) is 0 Å². The molecule has 2 heterocycles. The van der Waals surface area contributed by atoms with Gasteiger partial charge < -0.3 is 9.84 Å². The van der Waals surface area contributed by atoms with E-state index in [4.69, 9.17) is 9.84 Å². The lowest BCUT2D eigenvalue weighted by Crippen LogP contribution is -2.23. The second-order valence-corrected chi connectivity index (χ2v) is 6.81. The van der Waals surface area contributed by atoms with Crippen LogP contribution in [-0.2, 0) is 4.79 Å². The number of aromatic nitrogens is 2. The van der Waals surface area contributed by atoms with Crippen LogP contribution in [0.1, 0.15) is 12.5 Å². The predicted molar refractivity (Wildman–Crippen MR) is 99.8 cm³/mol. The number of hydrogen-bond donors (Lipinski definition) is 1. The minimum atomic E-state index is -1.02. The molecule has 6 nitrogen and oxygen atoms in total. The lowest BCUT2D eigenvalue weighted by molar-refractivity contribution is -0.144. The Morgan fingerprint density at radius 1 is 1.23 bits per heavy atom. The third kappa shape index (κ3) is 2.82. The van der Waals surface area contributed by atoms with Gasteiger partial charge in [0.1, 0.15) is 5.75 Å². The van der Waals surface area contributed by atoms with Crippen LogP contribution < -0.4 is 14.8 Å². The van der Waals surface area contributed by atoms with Gasteiger partial charge in [-0.05, 0) is 42.8 Å². The third-order valence-electron chi connectivity index (χ3n) is 3.98. The quantitative estimate of drug-likeness (QED) is 0.599. The molecule has 0 fully saturated rings. The second-order valence-electron chi connectivity index (χ2n) is 5.80. The van der Waals surface area contributed by atoms with Crippen LogP contribution in [0.3, 0.4) is 0 Å². The maximum absolute atomic E-state index is 12.7. The van der Waals surface area contributed by atoms with Crippen molar-refractivity contribution in [2.24, 2.45) is 0 Å². The average molecular weight is 366 g/mol. The summed E-state index contributed by atoms with van der Waals surface area (Å²) in [6.07, 6.45) is 0.873. The first kappa shape index (κ1) is 16.3. The van der Waals surface area contributed by atoms with Crippen LogP contribution in [0.2, 0.25) is 0 Å². The van der Waals surface area contributed by atoms with Crippen molar-refractivity contribution in [3.8, 4) is 5.75 Å². The van der Waals surface area contributed by atoms with Crippen LogP contribution in [0.5, 0.6) is 5.75 Å². The molecule has 26 heavy (non-hydrogen) atoms. The molecule has 0 spiro atoms. The molecule has 0 aliphatic rings. The summed E-state index contributed by atoms with van der Waals surface area (Å²) >= 11 is 1.34. The van der Waals surface area contributed by atoms with Crippen LogP contribution >= 0.6 is 11.3 Å². The molecular formula is C19H14N2O4S. The van der Waals surface area contributed by atoms with Crippen LogP contribution in [0.15, 0.2) is 53.3 Å². The monoisotopic (exact) mass is 366 g/mol. The molecule has 0 saturated heterocycles. The van der Waals surface area contributed by atoms with Gasteiger partial charge >= 0.3 is 5.97 Å². The highest BCUT2D eigenvalue weighted by atomic mass is 32.1. The van der Waals surface area contributed by atoms with E-state index in [0.29, 0.717) is 15.2 Å². The number of carbonyl (C=O) groups is 1. The number of ether oxygens (including phenoxy) is 1. The van der Waals surface area contributed by atoms with Gasteiger partial charge in [0.15, 0.2) is 11.1 Å². The number of nitrogens with zero attached hydrogens (tertiary/aromatic N) is 2. The molecule has 1 atom stereocenters. The molecule has 0 bridgehead atoms. The molecule has 4 rings (SSSR count). The van der Waals surface area contributed by atoms with Gasteiger partial charge in [-0.25, -0.2) is 14.2 Å². The predicted octanol–water partition coefficient (Wildman–Crippen LogP) is 2.31. The summed E-state index contributed by atoms with van der Waals surface area (Å²) in [5, 5.41) is 8.87. The van der Waals surface area contributed by atoms with Gasteiger partial charge in [-0.2, -0.15) is 0 Å². The number of fused-ring (bicyclic) bond motifs is 3. The van der Waals surface area contributed by atoms with Crippen molar-refractivity contribution >= 4 is 39.4 Å². The summed E-state index contributed by atoms with van der Waals surface area (Å²) < 4.78 is 7.51. The highest BCUT2D eigenvalue weighted by Gasteiger charge is 2.12. The molecule has 7 heteroatoms. The summed E-state index contributed by atoms with van der Waals surface area (Å²) in [5.74, 6) is -0.558. The van der Waals surface area contributed by atoms with Gasteiger partial charge in [0.25, 0.3) is 5.56 Å². The topological polar surface area (TPSA) is 80.9 Å². The van der Waals surface area contributed by atoms with E-state index in [1.54, 1.807) is 34.7 Å². The van der Waals surface area contributed by atoms with Crippen molar-refractivity contribution in [2.75, 3.05) is 0 Å². The number of imidazole rings is 1. The normalized spacial score (nSPS) is 13.3. The highest BCUT2D eigenvalue weighted by molar-refractivity contribution is 7.15. The van der Waals surface area contributed by atoms with Crippen molar-refractivity contribution in [2.45, 2.75) is 13.0 Å². The van der Waals surface area contributed by atoms with Crippen molar-refractivity contribution in [1.82, 2.24) is 9.38 Å². The molecule has 0 amide bonds. The Kier molecular flexibility index (Phi) is 3.93. The Hall–Kier alpha value is -3.19. The maximum Gasteiger partial charge on any atom is 0.344 e. The largest absolute Gasteiger partial charge is 0.479 e. The molecular weight excluding hydrogens is 352 g/mol. The number of hydrogen-bond acceptors (Lipinski definition) is 5. The van der Waals surface area contributed by atoms with E-state index in [1.165, 1.54) is 18.3 Å². The Labute approximate surface area is 151 Å². The molecule has 0 saturated carbocycles. The van der Waals surface area contributed by atoms with E-state index in [9.17, 15) is 9.59 Å². The van der Waals surface area contributed by atoms with Gasteiger partial charge in [-0.3, -0.25) is 4.79 Å². The molecule has 1 N–H and O–H groups in total. The molecule has 0 radical (unpaired) electrons. The summed E-state index contributed by atoms with van der Waals surface area (Å²) in [7, 11) is 0. The summed E-state index contributed by atoms with van der Waals surface area (Å²) in [6.45, 7) is 1.47. The zero-order chi connectivity index (χ0) is 18.3. The minimum Gasteiger partial charge on any atom is -0.479 e. The number of aliphatic carboxylic acids is 1. The molecule has 0 aliphatic carbocycles. The SMILES string of the molecule is C[C@@H](Oc1ccc(/C=c2/sc3nc4ccccc4n3c2=O)cc1)C(=O)O. The van der Waals surface area contributed by atoms with E-state index in [2.05, 4.69) is 4.98 Å². The lowest BCUT2D eigenvalue weighted by Gasteiger charge is -2.09. The molecule has 2 aromatic heterocycles. The van der Waals surface area contributed by atoms with Gasteiger partial charge in [0.2, 0.25) is 0 Å². The number of para-hydroxylation sites is 2. The first-order valence-electron chi connectivity index (χ1n) is 7.94. The zero-order valence-corrected chi connectivity index (χ0v) is 14.6. The first-order chi connectivity index (χ1) is 12.5. The van der Waals surface area contributed by atoms with Crippen LogP contribution in [0.4, 0.5) is 0 Å². The minimum absolute atomic E-state index is 0.0986. The second kappa shape index (κ2) is 6.27. The smallest absolute Gasteiger partial charge is 0.344 e. The number of thiazole rings is 1. The van der Waals surface area contributed by atoms with Gasteiger partial charge in [-0.1, -0.05) is 35.6 Å². The molecule has 2 aromatic carbocycles. The number of carboxylic acid groups (broad SMARTS) is 1. The number of carboxylic acids is 1. The fourth-order valence-electron chi connectivity index (χ4n) is 2.66. The van der Waals surface area contributed by atoms with E-state index in [0.717, 1.165) is 16.6 Å². The van der Waals surface area contributed by atoms with Gasteiger partial charge in [-0.15, -0.1) is 0 Å². The Bertz CT molecular complexity index is 1220. The molecule has 0 unspecified atom stereocenters. The summed E-state index contributed by atoms with van der Waals surface area (Å²) in [4.78, 5) is 28.7. The number of benzene rings is 2. The van der Waals surface area contributed by atoms with Gasteiger partial charge in [0.05, 0.1) is 15.6 Å². The van der Waals surface area contributed by atoms with Crippen molar-refractivity contribution < 1.29 is 14.6 Å². The zero-order valence-electron chi connectivity index (χ0n) is 13.7. The highest BCUT2D eigenvalue weighted by Crippen LogP contribution is 2.17. The maximum atomic E-state index is 12.7. The van der Waals surface area contributed by atoms with E-state index >= 15 is 0 Å². The molecule has 4 aromatic rings. The molecule has 0 aliphatic heterocycles.